The van der Waals surface area contributed by atoms with Gasteiger partial charge in [0.1, 0.15) is 5.75 Å². The number of rotatable bonds is 6. The van der Waals surface area contributed by atoms with E-state index in [0.717, 1.165) is 10.6 Å². The number of thioether (sulfide) groups is 1. The molecule has 1 aliphatic rings. The van der Waals surface area contributed by atoms with Crippen molar-refractivity contribution in [1.29, 1.82) is 0 Å². The van der Waals surface area contributed by atoms with E-state index in [0.29, 0.717) is 27.7 Å². The molecule has 0 unspecified atom stereocenters. The average molecular weight is 402 g/mol. The molecule has 1 heterocycles. The highest BCUT2D eigenvalue weighted by molar-refractivity contribution is 8.04. The van der Waals surface area contributed by atoms with E-state index >= 15 is 0 Å². The van der Waals surface area contributed by atoms with E-state index in [1.54, 1.807) is 12.1 Å². The fourth-order valence-electron chi connectivity index (χ4n) is 2.85. The Bertz CT molecular complexity index is 889. The molecule has 0 radical (unpaired) electrons. The highest BCUT2D eigenvalue weighted by atomic mass is 35.5. The summed E-state index contributed by atoms with van der Waals surface area (Å²) in [7, 11) is 0. The summed E-state index contributed by atoms with van der Waals surface area (Å²) < 4.78 is 5.47. The van der Waals surface area contributed by atoms with Crippen molar-refractivity contribution in [2.45, 2.75) is 31.7 Å². The highest BCUT2D eigenvalue weighted by Gasteiger charge is 2.40. The fraction of sp³-hybridized carbons (Fsp3) is 0.238. The first-order valence-electron chi connectivity index (χ1n) is 8.71. The second kappa shape index (κ2) is 8.19. The van der Waals surface area contributed by atoms with E-state index in [9.17, 15) is 9.59 Å². The maximum Gasteiger partial charge on any atom is 0.268 e. The number of carbonyl (C=O) groups is 2. The van der Waals surface area contributed by atoms with E-state index in [4.69, 9.17) is 16.3 Å². The lowest BCUT2D eigenvalue weighted by Gasteiger charge is -2.19. The minimum atomic E-state index is -0.268. The Hall–Kier alpha value is -2.24. The number of benzene rings is 2. The number of ether oxygens (including phenoxy) is 1. The van der Waals surface area contributed by atoms with Crippen molar-refractivity contribution < 1.29 is 14.3 Å². The van der Waals surface area contributed by atoms with Crippen LogP contribution in [0.5, 0.6) is 5.75 Å². The standard InChI is InChI=1S/C21H20ClNO3S/c1-4-26-16-9-5-14(6-10-16)18-19(21(25)23(13(2)3)20(18)24)27-17-11-7-15(22)8-12-17/h5-13H,4H2,1-3H3. The molecule has 0 aliphatic carbocycles. The molecule has 0 spiro atoms. The molecule has 1 aliphatic heterocycles. The van der Waals surface area contributed by atoms with Gasteiger partial charge in [0.05, 0.1) is 17.1 Å². The van der Waals surface area contributed by atoms with Gasteiger partial charge in [-0.3, -0.25) is 14.5 Å². The Morgan fingerprint density at radius 2 is 1.63 bits per heavy atom. The number of hydrogen-bond acceptors (Lipinski definition) is 4. The molecule has 140 valence electrons. The first kappa shape index (κ1) is 19.5. The van der Waals surface area contributed by atoms with E-state index in [1.165, 1.54) is 16.7 Å². The average Bonchev–Trinajstić information content (AvgIpc) is 2.88. The zero-order valence-electron chi connectivity index (χ0n) is 15.4. The van der Waals surface area contributed by atoms with Gasteiger partial charge in [0.2, 0.25) is 0 Å². The van der Waals surface area contributed by atoms with Gasteiger partial charge in [0.25, 0.3) is 11.8 Å². The molecule has 0 atom stereocenters. The third-order valence-electron chi connectivity index (χ3n) is 4.08. The van der Waals surface area contributed by atoms with E-state index in [1.807, 2.05) is 57.2 Å². The summed E-state index contributed by atoms with van der Waals surface area (Å²) in [5.74, 6) is 0.195. The monoisotopic (exact) mass is 401 g/mol. The fourth-order valence-corrected chi connectivity index (χ4v) is 3.98. The lowest BCUT2D eigenvalue weighted by molar-refractivity contribution is -0.138. The number of amides is 2. The van der Waals surface area contributed by atoms with Gasteiger partial charge in [0.15, 0.2) is 0 Å². The smallest absolute Gasteiger partial charge is 0.268 e. The summed E-state index contributed by atoms with van der Waals surface area (Å²) in [6.45, 7) is 6.15. The van der Waals surface area contributed by atoms with Crippen molar-refractivity contribution in [3.8, 4) is 5.75 Å². The summed E-state index contributed by atoms with van der Waals surface area (Å²) in [5, 5.41) is 0.623. The van der Waals surface area contributed by atoms with Crippen LogP contribution in [0.25, 0.3) is 5.57 Å². The number of halogens is 1. The lowest BCUT2D eigenvalue weighted by Crippen LogP contribution is -2.37. The maximum absolute atomic E-state index is 13.0. The van der Waals surface area contributed by atoms with E-state index < -0.39 is 0 Å². The van der Waals surface area contributed by atoms with Crippen molar-refractivity contribution in [1.82, 2.24) is 4.90 Å². The van der Waals surface area contributed by atoms with Crippen molar-refractivity contribution in [3.63, 3.8) is 0 Å². The number of hydrogen-bond donors (Lipinski definition) is 0. The van der Waals surface area contributed by atoms with Crippen LogP contribution in [0.15, 0.2) is 58.3 Å². The second-order valence-electron chi connectivity index (χ2n) is 6.29. The van der Waals surface area contributed by atoms with Gasteiger partial charge in [-0.1, -0.05) is 35.5 Å². The van der Waals surface area contributed by atoms with Gasteiger partial charge >= 0.3 is 0 Å². The molecule has 0 fully saturated rings. The summed E-state index contributed by atoms with van der Waals surface area (Å²) in [6, 6.07) is 14.3. The number of imide groups is 1. The molecule has 6 heteroatoms. The molecule has 0 aromatic heterocycles. The quantitative estimate of drug-likeness (QED) is 0.637. The predicted octanol–water partition coefficient (Wildman–Crippen LogP) is 5.02. The summed E-state index contributed by atoms with van der Waals surface area (Å²) >= 11 is 7.24. The molecule has 0 saturated heterocycles. The van der Waals surface area contributed by atoms with Crippen LogP contribution in [-0.2, 0) is 9.59 Å². The van der Waals surface area contributed by atoms with Crippen LogP contribution in [0.4, 0.5) is 0 Å². The van der Waals surface area contributed by atoms with Gasteiger partial charge in [0, 0.05) is 16.0 Å². The summed E-state index contributed by atoms with van der Waals surface area (Å²) in [5.41, 5.74) is 1.13. The largest absolute Gasteiger partial charge is 0.494 e. The Balaban J connectivity index is 2.04. The van der Waals surface area contributed by atoms with Crippen molar-refractivity contribution >= 4 is 40.8 Å². The van der Waals surface area contributed by atoms with Crippen molar-refractivity contribution in [2.24, 2.45) is 0 Å². The van der Waals surface area contributed by atoms with Gasteiger partial charge in [-0.25, -0.2) is 0 Å². The molecule has 0 bridgehead atoms. The molecule has 2 amide bonds. The molecule has 2 aromatic carbocycles. The molecule has 0 saturated carbocycles. The Morgan fingerprint density at radius 3 is 2.19 bits per heavy atom. The number of nitrogens with zero attached hydrogens (tertiary/aromatic N) is 1. The highest BCUT2D eigenvalue weighted by Crippen LogP contribution is 2.40. The predicted molar refractivity (Wildman–Crippen MR) is 109 cm³/mol. The Morgan fingerprint density at radius 1 is 1.00 bits per heavy atom. The minimum absolute atomic E-state index is 0.217. The van der Waals surface area contributed by atoms with Crippen LogP contribution in [0.3, 0.4) is 0 Å². The Kier molecular flexibility index (Phi) is 5.92. The molecule has 0 N–H and O–H groups in total. The molecular formula is C21H20ClNO3S. The van der Waals surface area contributed by atoms with Crippen molar-refractivity contribution in [3.05, 3.63) is 64.0 Å². The zero-order valence-corrected chi connectivity index (χ0v) is 16.9. The first-order chi connectivity index (χ1) is 12.9. The third kappa shape index (κ3) is 4.04. The topological polar surface area (TPSA) is 46.6 Å². The molecule has 4 nitrogen and oxygen atoms in total. The van der Waals surface area contributed by atoms with Crippen molar-refractivity contribution in [2.75, 3.05) is 6.61 Å². The SMILES string of the molecule is CCOc1ccc(C2=C(Sc3ccc(Cl)cc3)C(=O)N(C(C)C)C2=O)cc1. The molecule has 2 aromatic rings. The third-order valence-corrected chi connectivity index (χ3v) is 5.42. The molecular weight excluding hydrogens is 382 g/mol. The lowest BCUT2D eigenvalue weighted by atomic mass is 10.1. The van der Waals surface area contributed by atoms with Gasteiger partial charge in [-0.15, -0.1) is 0 Å². The molecule has 3 rings (SSSR count). The maximum atomic E-state index is 13.0. The first-order valence-corrected chi connectivity index (χ1v) is 9.90. The van der Waals surface area contributed by atoms with Gasteiger partial charge < -0.3 is 4.74 Å². The van der Waals surface area contributed by atoms with Crippen LogP contribution in [-0.4, -0.2) is 29.4 Å². The summed E-state index contributed by atoms with van der Waals surface area (Å²) in [6.07, 6.45) is 0. The second-order valence-corrected chi connectivity index (χ2v) is 7.81. The minimum Gasteiger partial charge on any atom is -0.494 e. The van der Waals surface area contributed by atoms with Crippen LogP contribution >= 0.6 is 23.4 Å². The normalized spacial score (nSPS) is 14.5. The van der Waals surface area contributed by atoms with Gasteiger partial charge in [-0.2, -0.15) is 0 Å². The summed E-state index contributed by atoms with van der Waals surface area (Å²) in [4.78, 5) is 28.6. The van der Waals surface area contributed by atoms with Crippen LogP contribution in [0.2, 0.25) is 5.02 Å². The zero-order chi connectivity index (χ0) is 19.6. The van der Waals surface area contributed by atoms with E-state index in [-0.39, 0.29) is 17.9 Å². The van der Waals surface area contributed by atoms with Crippen LogP contribution in [0.1, 0.15) is 26.3 Å². The van der Waals surface area contributed by atoms with E-state index in [2.05, 4.69) is 0 Å². The Labute approximate surface area is 168 Å². The number of carbonyl (C=O) groups excluding carboxylic acids is 2. The molecule has 27 heavy (non-hydrogen) atoms. The van der Waals surface area contributed by atoms with Gasteiger partial charge in [-0.05, 0) is 62.7 Å². The van der Waals surface area contributed by atoms with Crippen LogP contribution in [0, 0.1) is 0 Å². The van der Waals surface area contributed by atoms with Crippen LogP contribution < -0.4 is 4.74 Å².